The number of carbonyl (C=O) groups excluding carboxylic acids is 1. The van der Waals surface area contributed by atoms with Crippen LogP contribution in [0.1, 0.15) is 10.5 Å². The Balaban J connectivity index is 1.40. The van der Waals surface area contributed by atoms with Crippen molar-refractivity contribution in [1.82, 2.24) is 19.7 Å². The number of hydrogen-bond acceptors (Lipinski definition) is 6. The van der Waals surface area contributed by atoms with E-state index in [1.165, 1.54) is 30.5 Å². The summed E-state index contributed by atoms with van der Waals surface area (Å²) >= 11 is 0. The van der Waals surface area contributed by atoms with Gasteiger partial charge in [-0.25, -0.2) is 19.0 Å². The van der Waals surface area contributed by atoms with E-state index in [4.69, 9.17) is 4.74 Å². The number of benzene rings is 2. The summed E-state index contributed by atoms with van der Waals surface area (Å²) < 4.78 is 19.8. The molecular formula is C25H16FN5O4. The van der Waals surface area contributed by atoms with Crippen LogP contribution >= 0.6 is 0 Å². The molecule has 0 radical (unpaired) electrons. The molecule has 35 heavy (non-hydrogen) atoms. The number of aromatic carboxylic acids is 1. The number of nitrogens with zero attached hydrogens (tertiary/aromatic N) is 4. The van der Waals surface area contributed by atoms with Crippen molar-refractivity contribution in [3.8, 4) is 22.8 Å². The van der Waals surface area contributed by atoms with Crippen molar-refractivity contribution in [2.75, 3.05) is 5.32 Å². The molecule has 1 amide bonds. The van der Waals surface area contributed by atoms with Gasteiger partial charge in [0.2, 0.25) is 5.88 Å². The van der Waals surface area contributed by atoms with Crippen molar-refractivity contribution in [3.63, 3.8) is 0 Å². The van der Waals surface area contributed by atoms with Crippen LogP contribution in [0.2, 0.25) is 0 Å². The molecule has 2 N–H and O–H groups in total. The molecule has 0 spiro atoms. The second-order valence-electron chi connectivity index (χ2n) is 7.41. The van der Waals surface area contributed by atoms with E-state index in [0.717, 1.165) is 15.8 Å². The topological polar surface area (TPSA) is 119 Å². The molecule has 172 valence electrons. The Labute approximate surface area is 197 Å². The Morgan fingerprint density at radius 3 is 2.57 bits per heavy atom. The minimum Gasteiger partial charge on any atom is -0.476 e. The first-order valence-corrected chi connectivity index (χ1v) is 10.4. The zero-order valence-corrected chi connectivity index (χ0v) is 17.9. The highest BCUT2D eigenvalue weighted by Gasteiger charge is 2.21. The number of anilines is 1. The van der Waals surface area contributed by atoms with Gasteiger partial charge in [-0.3, -0.25) is 4.98 Å². The van der Waals surface area contributed by atoms with E-state index in [2.05, 4.69) is 20.4 Å². The van der Waals surface area contributed by atoms with Crippen LogP contribution in [0.15, 0.2) is 85.3 Å². The van der Waals surface area contributed by atoms with Crippen LogP contribution in [-0.2, 0) is 0 Å². The Morgan fingerprint density at radius 1 is 0.971 bits per heavy atom. The third-order valence-corrected chi connectivity index (χ3v) is 5.08. The van der Waals surface area contributed by atoms with Crippen molar-refractivity contribution in [2.24, 2.45) is 0 Å². The smallest absolute Gasteiger partial charge is 0.357 e. The van der Waals surface area contributed by atoms with Gasteiger partial charge in [0.25, 0.3) is 0 Å². The average molecular weight is 469 g/mol. The summed E-state index contributed by atoms with van der Waals surface area (Å²) in [6, 6.07) is 16.7. The van der Waals surface area contributed by atoms with Gasteiger partial charge in [0.1, 0.15) is 11.6 Å². The van der Waals surface area contributed by atoms with E-state index in [1.807, 2.05) is 6.07 Å². The maximum absolute atomic E-state index is 13.3. The van der Waals surface area contributed by atoms with Crippen LogP contribution in [0, 0.1) is 5.82 Å². The largest absolute Gasteiger partial charge is 0.476 e. The van der Waals surface area contributed by atoms with Crippen molar-refractivity contribution in [3.05, 3.63) is 96.8 Å². The molecule has 10 heteroatoms. The zero-order valence-electron chi connectivity index (χ0n) is 17.9. The van der Waals surface area contributed by atoms with E-state index in [-0.39, 0.29) is 17.3 Å². The molecule has 0 atom stereocenters. The van der Waals surface area contributed by atoms with E-state index in [0.29, 0.717) is 16.6 Å². The fourth-order valence-corrected chi connectivity index (χ4v) is 3.49. The molecule has 5 aromatic rings. The fourth-order valence-electron chi connectivity index (χ4n) is 3.49. The van der Waals surface area contributed by atoms with Gasteiger partial charge in [0.15, 0.2) is 5.69 Å². The lowest BCUT2D eigenvalue weighted by Crippen LogP contribution is -2.21. The Morgan fingerprint density at radius 2 is 1.86 bits per heavy atom. The molecule has 5 rings (SSSR count). The zero-order chi connectivity index (χ0) is 24.4. The van der Waals surface area contributed by atoms with Gasteiger partial charge in [-0.1, -0.05) is 18.2 Å². The molecule has 2 aromatic carbocycles. The standard InChI is InChI=1S/C25H16FN5O4/c26-17-4-1-5-19(12-17)35-22-9-7-18(14-28-22)29-25(34)31-21-8-6-15(16-3-2-10-27-13-16)11-20(21)23(30-31)24(32)33/h1-14H,(H,29,34)(H,32,33). The summed E-state index contributed by atoms with van der Waals surface area (Å²) in [5.74, 6) is -1.21. The third kappa shape index (κ3) is 4.53. The first-order valence-electron chi connectivity index (χ1n) is 10.4. The summed E-state index contributed by atoms with van der Waals surface area (Å²) in [5.41, 5.74) is 1.94. The number of pyridine rings is 2. The minimum absolute atomic E-state index is 0.203. The van der Waals surface area contributed by atoms with Crippen LogP contribution in [-0.4, -0.2) is 36.9 Å². The van der Waals surface area contributed by atoms with Crippen LogP contribution in [0.4, 0.5) is 14.9 Å². The third-order valence-electron chi connectivity index (χ3n) is 5.08. The molecule has 0 aliphatic carbocycles. The van der Waals surface area contributed by atoms with E-state index >= 15 is 0 Å². The van der Waals surface area contributed by atoms with Crippen molar-refractivity contribution in [1.29, 1.82) is 0 Å². The molecule has 3 aromatic heterocycles. The summed E-state index contributed by atoms with van der Waals surface area (Å²) in [6.07, 6.45) is 4.66. The molecule has 0 bridgehead atoms. The summed E-state index contributed by atoms with van der Waals surface area (Å²) in [5, 5.41) is 16.6. The molecule has 0 saturated carbocycles. The lowest BCUT2D eigenvalue weighted by molar-refractivity contribution is 0.0692. The summed E-state index contributed by atoms with van der Waals surface area (Å²) in [7, 11) is 0. The maximum atomic E-state index is 13.3. The van der Waals surface area contributed by atoms with Crippen LogP contribution in [0.5, 0.6) is 11.6 Å². The van der Waals surface area contributed by atoms with Crippen molar-refractivity contribution >= 4 is 28.6 Å². The lowest BCUT2D eigenvalue weighted by atomic mass is 10.0. The van der Waals surface area contributed by atoms with E-state index < -0.39 is 17.8 Å². The molecular weight excluding hydrogens is 453 g/mol. The van der Waals surface area contributed by atoms with Gasteiger partial charge < -0.3 is 15.2 Å². The molecule has 0 aliphatic rings. The average Bonchev–Trinajstić information content (AvgIpc) is 3.25. The Hall–Kier alpha value is -5.12. The van der Waals surface area contributed by atoms with E-state index in [1.54, 1.807) is 48.8 Å². The van der Waals surface area contributed by atoms with Gasteiger partial charge in [0.05, 0.1) is 17.4 Å². The maximum Gasteiger partial charge on any atom is 0.357 e. The number of fused-ring (bicyclic) bond motifs is 1. The monoisotopic (exact) mass is 469 g/mol. The first kappa shape index (κ1) is 21.7. The lowest BCUT2D eigenvalue weighted by Gasteiger charge is -2.08. The Bertz CT molecular complexity index is 1550. The predicted molar refractivity (Wildman–Crippen MR) is 125 cm³/mol. The molecule has 0 saturated heterocycles. The number of carboxylic acid groups (broad SMARTS) is 1. The number of nitrogens with one attached hydrogen (secondary N) is 1. The highest BCUT2D eigenvalue weighted by molar-refractivity contribution is 6.06. The second-order valence-corrected chi connectivity index (χ2v) is 7.41. The molecule has 0 aliphatic heterocycles. The second kappa shape index (κ2) is 9.02. The highest BCUT2D eigenvalue weighted by Crippen LogP contribution is 2.27. The number of carbonyl (C=O) groups is 2. The van der Waals surface area contributed by atoms with Gasteiger partial charge in [-0.15, -0.1) is 0 Å². The van der Waals surface area contributed by atoms with Gasteiger partial charge in [-0.2, -0.15) is 9.78 Å². The van der Waals surface area contributed by atoms with Crippen molar-refractivity contribution < 1.29 is 23.8 Å². The quantitative estimate of drug-likeness (QED) is 0.363. The molecule has 9 nitrogen and oxygen atoms in total. The summed E-state index contributed by atoms with van der Waals surface area (Å²) in [6.45, 7) is 0. The number of aromatic nitrogens is 4. The number of rotatable bonds is 5. The number of carboxylic acids is 1. The SMILES string of the molecule is O=C(O)c1nn(C(=O)Nc2ccc(Oc3cccc(F)c3)nc2)c2ccc(-c3cccnc3)cc12. The molecule has 0 unspecified atom stereocenters. The summed E-state index contributed by atoms with van der Waals surface area (Å²) in [4.78, 5) is 32.9. The van der Waals surface area contributed by atoms with Gasteiger partial charge >= 0.3 is 12.0 Å². The number of hydrogen-bond donors (Lipinski definition) is 2. The Kier molecular flexibility index (Phi) is 5.60. The highest BCUT2D eigenvalue weighted by atomic mass is 19.1. The van der Waals surface area contributed by atoms with Gasteiger partial charge in [-0.05, 0) is 42.0 Å². The predicted octanol–water partition coefficient (Wildman–Crippen LogP) is 5.20. The van der Waals surface area contributed by atoms with Crippen LogP contribution < -0.4 is 10.1 Å². The van der Waals surface area contributed by atoms with Crippen LogP contribution in [0.3, 0.4) is 0 Å². The first-order chi connectivity index (χ1) is 17.0. The van der Waals surface area contributed by atoms with Gasteiger partial charge in [0, 0.05) is 35.5 Å². The number of halogens is 1. The minimum atomic E-state index is -1.26. The normalized spacial score (nSPS) is 10.8. The number of amides is 1. The molecule has 3 heterocycles. The van der Waals surface area contributed by atoms with Crippen LogP contribution in [0.25, 0.3) is 22.0 Å². The van der Waals surface area contributed by atoms with Crippen molar-refractivity contribution in [2.45, 2.75) is 0 Å². The fraction of sp³-hybridized carbons (Fsp3) is 0. The molecule has 0 fully saturated rings. The van der Waals surface area contributed by atoms with E-state index in [9.17, 15) is 19.1 Å². The number of ether oxygens (including phenoxy) is 1.